The quantitative estimate of drug-likeness (QED) is 0.0493. The number of unbranched alkanes of at least 4 members (excludes halogenated alkanes) is 22. The van der Waals surface area contributed by atoms with E-state index < -0.39 is 0 Å². The number of hydrogen-bond acceptors (Lipinski definition) is 7. The van der Waals surface area contributed by atoms with Crippen molar-refractivity contribution in [1.82, 2.24) is 4.90 Å². The monoisotopic (exact) mass is 740 g/mol. The van der Waals surface area contributed by atoms with Gasteiger partial charge in [0.25, 0.3) is 0 Å². The van der Waals surface area contributed by atoms with Gasteiger partial charge >= 0.3 is 11.9 Å². The van der Waals surface area contributed by atoms with Crippen molar-refractivity contribution in [3.05, 3.63) is 0 Å². The van der Waals surface area contributed by atoms with Gasteiger partial charge in [0.1, 0.15) is 12.7 Å². The van der Waals surface area contributed by atoms with E-state index in [4.69, 9.17) is 14.2 Å². The molecule has 0 heterocycles. The predicted octanol–water partition coefficient (Wildman–Crippen LogP) is 12.3. The smallest absolute Gasteiger partial charge is 0.306 e. The highest BCUT2D eigenvalue weighted by atomic mass is 16.6. The first kappa shape index (κ1) is 50.8. The van der Waals surface area contributed by atoms with Crippen LogP contribution in [0.25, 0.3) is 0 Å². The van der Waals surface area contributed by atoms with Gasteiger partial charge in [0.05, 0.1) is 12.7 Å². The van der Waals surface area contributed by atoms with Crippen LogP contribution >= 0.6 is 0 Å². The number of nitrogens with zero attached hydrogens (tertiary/aromatic N) is 1. The third-order valence-corrected chi connectivity index (χ3v) is 10.6. The molecule has 0 saturated carbocycles. The number of rotatable bonds is 42. The van der Waals surface area contributed by atoms with Crippen molar-refractivity contribution in [1.29, 1.82) is 0 Å². The van der Waals surface area contributed by atoms with E-state index in [0.717, 1.165) is 110 Å². The second-order valence-electron chi connectivity index (χ2n) is 15.6. The summed E-state index contributed by atoms with van der Waals surface area (Å²) >= 11 is 0. The molecule has 310 valence electrons. The summed E-state index contributed by atoms with van der Waals surface area (Å²) in [5.74, 6) is -0.0941. The lowest BCUT2D eigenvalue weighted by molar-refractivity contribution is -0.150. The SMILES string of the molecule is CCCCCCCCC(CCCCCCCC)OC(=O)CCCCCCCN(CCO)CCCCCCCC(=O)OCC(CCCCCCC)OC. The molecule has 0 spiro atoms. The highest BCUT2D eigenvalue weighted by Gasteiger charge is 2.15. The lowest BCUT2D eigenvalue weighted by atomic mass is 10.0. The van der Waals surface area contributed by atoms with Crippen LogP contribution in [0.2, 0.25) is 0 Å². The van der Waals surface area contributed by atoms with Gasteiger partial charge in [-0.1, -0.05) is 156 Å². The summed E-state index contributed by atoms with van der Waals surface area (Å²) < 4.78 is 17.0. The van der Waals surface area contributed by atoms with Gasteiger partial charge in [-0.05, 0) is 70.9 Å². The molecule has 0 radical (unpaired) electrons. The molecule has 1 N–H and O–H groups in total. The van der Waals surface area contributed by atoms with E-state index in [2.05, 4.69) is 25.7 Å². The molecule has 0 aromatic rings. The highest BCUT2D eigenvalue weighted by Crippen LogP contribution is 2.19. The summed E-state index contributed by atoms with van der Waals surface area (Å²) in [5, 5.41) is 9.56. The summed E-state index contributed by atoms with van der Waals surface area (Å²) in [4.78, 5) is 27.3. The molecule has 1 atom stereocenters. The fourth-order valence-corrected chi connectivity index (χ4v) is 7.06. The van der Waals surface area contributed by atoms with Gasteiger partial charge in [0, 0.05) is 26.5 Å². The van der Waals surface area contributed by atoms with Crippen molar-refractivity contribution in [2.45, 2.75) is 238 Å². The maximum Gasteiger partial charge on any atom is 0.306 e. The van der Waals surface area contributed by atoms with E-state index in [-0.39, 0.29) is 30.8 Å². The number of aliphatic hydroxyl groups is 1. The van der Waals surface area contributed by atoms with Gasteiger partial charge in [-0.25, -0.2) is 0 Å². The maximum atomic E-state index is 12.7. The third-order valence-electron chi connectivity index (χ3n) is 10.6. The van der Waals surface area contributed by atoms with Crippen molar-refractivity contribution in [2.75, 3.05) is 40.0 Å². The van der Waals surface area contributed by atoms with Crippen LogP contribution in [-0.2, 0) is 23.8 Å². The molecule has 0 aromatic heterocycles. The Balaban J connectivity index is 4.02. The number of ether oxygens (including phenoxy) is 3. The van der Waals surface area contributed by atoms with Crippen molar-refractivity contribution < 1.29 is 28.9 Å². The molecule has 0 saturated heterocycles. The highest BCUT2D eigenvalue weighted by molar-refractivity contribution is 5.69. The first-order chi connectivity index (χ1) is 25.5. The molecule has 7 nitrogen and oxygen atoms in total. The number of esters is 2. The van der Waals surface area contributed by atoms with Crippen molar-refractivity contribution >= 4 is 11.9 Å². The zero-order valence-electron chi connectivity index (χ0n) is 35.3. The molecule has 0 rings (SSSR count). The van der Waals surface area contributed by atoms with Crippen LogP contribution in [0.5, 0.6) is 0 Å². The Morgan fingerprint density at radius 1 is 0.481 bits per heavy atom. The van der Waals surface area contributed by atoms with Crippen LogP contribution in [0.3, 0.4) is 0 Å². The number of carbonyl (C=O) groups is 2. The van der Waals surface area contributed by atoms with Crippen LogP contribution in [0, 0.1) is 0 Å². The minimum atomic E-state index is -0.103. The van der Waals surface area contributed by atoms with Gasteiger partial charge in [-0.3, -0.25) is 9.59 Å². The molecule has 0 bridgehead atoms. The lowest BCUT2D eigenvalue weighted by Gasteiger charge is -2.21. The molecule has 7 heteroatoms. The lowest BCUT2D eigenvalue weighted by Crippen LogP contribution is -2.29. The van der Waals surface area contributed by atoms with Crippen molar-refractivity contribution in [2.24, 2.45) is 0 Å². The number of methoxy groups -OCH3 is 1. The molecule has 0 aliphatic rings. The van der Waals surface area contributed by atoms with E-state index >= 15 is 0 Å². The van der Waals surface area contributed by atoms with E-state index in [1.165, 1.54) is 103 Å². The van der Waals surface area contributed by atoms with Gasteiger partial charge < -0.3 is 24.2 Å². The van der Waals surface area contributed by atoms with Gasteiger partial charge in [-0.15, -0.1) is 0 Å². The standard InChI is InChI=1S/C45H89NO6/c1-5-8-11-14-19-25-32-42(33-26-20-15-12-9-6-2)52-45(49)36-29-22-17-24-31-38-46(39-40-47)37-30-23-16-21-28-35-44(48)51-41-43(50-4)34-27-18-13-10-7-3/h42-43,47H,5-41H2,1-4H3. The average molecular weight is 740 g/mol. The second-order valence-corrected chi connectivity index (χ2v) is 15.6. The number of carbonyl (C=O) groups excluding carboxylic acids is 2. The Kier molecular flexibility index (Phi) is 40.1. The maximum absolute atomic E-state index is 12.7. The number of hydrogen-bond donors (Lipinski definition) is 1. The molecular weight excluding hydrogens is 650 g/mol. The Morgan fingerprint density at radius 3 is 1.31 bits per heavy atom. The van der Waals surface area contributed by atoms with Gasteiger partial charge in [-0.2, -0.15) is 0 Å². The minimum Gasteiger partial charge on any atom is -0.463 e. The van der Waals surface area contributed by atoms with Crippen molar-refractivity contribution in [3.63, 3.8) is 0 Å². The van der Waals surface area contributed by atoms with E-state index in [9.17, 15) is 14.7 Å². The van der Waals surface area contributed by atoms with E-state index in [0.29, 0.717) is 19.4 Å². The molecule has 0 aromatic carbocycles. The zero-order chi connectivity index (χ0) is 38.2. The number of aliphatic hydroxyl groups excluding tert-OH is 1. The molecule has 0 aliphatic carbocycles. The van der Waals surface area contributed by atoms with Crippen LogP contribution < -0.4 is 0 Å². The Bertz CT molecular complexity index is 733. The topological polar surface area (TPSA) is 85.3 Å². The molecule has 52 heavy (non-hydrogen) atoms. The largest absolute Gasteiger partial charge is 0.463 e. The Hall–Kier alpha value is -1.18. The summed E-state index contributed by atoms with van der Waals surface area (Å²) in [6.07, 6.45) is 36.5. The van der Waals surface area contributed by atoms with Crippen LogP contribution in [0.4, 0.5) is 0 Å². The van der Waals surface area contributed by atoms with Gasteiger partial charge in [0.15, 0.2) is 0 Å². The second kappa shape index (κ2) is 41.0. The fourth-order valence-electron chi connectivity index (χ4n) is 7.06. The Morgan fingerprint density at radius 2 is 0.865 bits per heavy atom. The summed E-state index contributed by atoms with van der Waals surface area (Å²) in [7, 11) is 1.71. The average Bonchev–Trinajstić information content (AvgIpc) is 3.14. The van der Waals surface area contributed by atoms with Gasteiger partial charge in [0.2, 0.25) is 0 Å². The molecule has 1 unspecified atom stereocenters. The van der Waals surface area contributed by atoms with Crippen LogP contribution in [0.15, 0.2) is 0 Å². The zero-order valence-corrected chi connectivity index (χ0v) is 35.3. The molecule has 0 fully saturated rings. The fraction of sp³-hybridized carbons (Fsp3) is 0.956. The van der Waals surface area contributed by atoms with E-state index in [1.54, 1.807) is 7.11 Å². The van der Waals surface area contributed by atoms with E-state index in [1.807, 2.05) is 0 Å². The first-order valence-electron chi connectivity index (χ1n) is 22.7. The first-order valence-corrected chi connectivity index (χ1v) is 22.7. The van der Waals surface area contributed by atoms with Crippen LogP contribution in [-0.4, -0.2) is 74.1 Å². The minimum absolute atomic E-state index is 0.00930. The molecule has 0 amide bonds. The predicted molar refractivity (Wildman–Crippen MR) is 220 cm³/mol. The van der Waals surface area contributed by atoms with Crippen LogP contribution in [0.1, 0.15) is 226 Å². The normalized spacial score (nSPS) is 12.2. The molecule has 0 aliphatic heterocycles. The summed E-state index contributed by atoms with van der Waals surface area (Å²) in [6, 6.07) is 0. The summed E-state index contributed by atoms with van der Waals surface area (Å²) in [6.45, 7) is 10.1. The third kappa shape index (κ3) is 35.8. The summed E-state index contributed by atoms with van der Waals surface area (Å²) in [5.41, 5.74) is 0. The van der Waals surface area contributed by atoms with Crippen molar-refractivity contribution in [3.8, 4) is 0 Å². The Labute approximate surface area is 323 Å². The molecular formula is C45H89NO6.